The standard InChI is InChI=1S/C51H34N4/c1-51(2)41-19-9-5-15-35(41)36-26-23-32(29-42(36)51)49-39-18-6-10-20-43(39)52-50(53-49)55-46-28-24-31-13-3-4-14-34(31)48(46)40-27-25-33(30-47(40)55)54-44-21-11-7-16-37(44)38-17-8-12-22-45(38)54/h3-30H,1-2H3. The maximum atomic E-state index is 5.55. The molecule has 4 nitrogen and oxygen atoms in total. The molecule has 11 aromatic rings. The van der Waals surface area contributed by atoms with E-state index in [0.717, 1.165) is 38.9 Å². The summed E-state index contributed by atoms with van der Waals surface area (Å²) in [6.07, 6.45) is 0. The van der Waals surface area contributed by atoms with E-state index in [1.54, 1.807) is 0 Å². The van der Waals surface area contributed by atoms with Gasteiger partial charge in [0, 0.05) is 43.6 Å². The number of aromatic nitrogens is 4. The highest BCUT2D eigenvalue weighted by atomic mass is 15.2. The largest absolute Gasteiger partial charge is 0.309 e. The van der Waals surface area contributed by atoms with Crippen LogP contribution in [0.25, 0.3) is 99.3 Å². The predicted molar refractivity (Wildman–Crippen MR) is 229 cm³/mol. The zero-order chi connectivity index (χ0) is 36.4. The number of para-hydroxylation sites is 3. The molecule has 3 aromatic heterocycles. The Morgan fingerprint density at radius 3 is 1.93 bits per heavy atom. The lowest BCUT2D eigenvalue weighted by Crippen LogP contribution is -2.15. The molecule has 0 bridgehead atoms. The van der Waals surface area contributed by atoms with Gasteiger partial charge in [0.15, 0.2) is 0 Å². The van der Waals surface area contributed by atoms with E-state index < -0.39 is 0 Å². The lowest BCUT2D eigenvalue weighted by Gasteiger charge is -2.22. The van der Waals surface area contributed by atoms with Crippen LogP contribution in [0.5, 0.6) is 0 Å². The lowest BCUT2D eigenvalue weighted by atomic mass is 9.82. The number of fused-ring (bicyclic) bond motifs is 12. The molecule has 4 heteroatoms. The number of hydrogen-bond acceptors (Lipinski definition) is 2. The fourth-order valence-electron chi connectivity index (χ4n) is 9.57. The molecule has 0 amide bonds. The second-order valence-corrected chi connectivity index (χ2v) is 15.4. The highest BCUT2D eigenvalue weighted by molar-refractivity contribution is 6.21. The maximum absolute atomic E-state index is 5.55. The Balaban J connectivity index is 1.16. The SMILES string of the molecule is CC1(C)c2ccccc2-c2ccc(-c3nc(-n4c5cc(-n6c7ccccc7c7ccccc76)ccc5c5c6ccccc6ccc54)nc4ccccc34)cc21. The van der Waals surface area contributed by atoms with Crippen molar-refractivity contribution in [2.45, 2.75) is 19.3 Å². The minimum Gasteiger partial charge on any atom is -0.309 e. The zero-order valence-corrected chi connectivity index (χ0v) is 30.5. The van der Waals surface area contributed by atoms with Gasteiger partial charge < -0.3 is 4.57 Å². The minimum absolute atomic E-state index is 0.120. The summed E-state index contributed by atoms with van der Waals surface area (Å²) in [4.78, 5) is 10.9. The van der Waals surface area contributed by atoms with E-state index in [0.29, 0.717) is 5.95 Å². The topological polar surface area (TPSA) is 35.6 Å². The summed E-state index contributed by atoms with van der Waals surface area (Å²) in [6.45, 7) is 4.67. The van der Waals surface area contributed by atoms with Crippen molar-refractivity contribution in [1.82, 2.24) is 19.1 Å². The van der Waals surface area contributed by atoms with Crippen molar-refractivity contribution < 1.29 is 0 Å². The predicted octanol–water partition coefficient (Wildman–Crippen LogP) is 13.0. The molecule has 0 fully saturated rings. The Bertz CT molecular complexity index is 3360. The van der Waals surface area contributed by atoms with Gasteiger partial charge in [-0.3, -0.25) is 4.57 Å². The lowest BCUT2D eigenvalue weighted by molar-refractivity contribution is 0.660. The second kappa shape index (κ2) is 11.0. The Labute approximate surface area is 317 Å². The first-order valence-corrected chi connectivity index (χ1v) is 19.0. The van der Waals surface area contributed by atoms with Gasteiger partial charge in [-0.2, -0.15) is 0 Å². The molecule has 0 spiro atoms. The number of rotatable bonds is 3. The van der Waals surface area contributed by atoms with Crippen LogP contribution in [0.15, 0.2) is 170 Å². The van der Waals surface area contributed by atoms with Crippen molar-refractivity contribution in [2.75, 3.05) is 0 Å². The fourth-order valence-corrected chi connectivity index (χ4v) is 9.57. The van der Waals surface area contributed by atoms with Gasteiger partial charge in [0.1, 0.15) is 0 Å². The van der Waals surface area contributed by atoms with E-state index in [-0.39, 0.29) is 5.41 Å². The molecular weight excluding hydrogens is 669 g/mol. The molecule has 0 saturated carbocycles. The van der Waals surface area contributed by atoms with Crippen LogP contribution >= 0.6 is 0 Å². The Morgan fingerprint density at radius 1 is 0.436 bits per heavy atom. The monoisotopic (exact) mass is 702 g/mol. The fraction of sp³-hybridized carbons (Fsp3) is 0.0588. The van der Waals surface area contributed by atoms with Crippen molar-refractivity contribution >= 4 is 65.3 Å². The Kier molecular flexibility index (Phi) is 6.09. The van der Waals surface area contributed by atoms with Crippen LogP contribution in [0.1, 0.15) is 25.0 Å². The van der Waals surface area contributed by atoms with Crippen molar-refractivity contribution in [3.05, 3.63) is 181 Å². The first kappa shape index (κ1) is 30.4. The average Bonchev–Trinajstić information content (AvgIpc) is 3.83. The summed E-state index contributed by atoms with van der Waals surface area (Å²) >= 11 is 0. The maximum Gasteiger partial charge on any atom is 0.235 e. The summed E-state index contributed by atoms with van der Waals surface area (Å²) in [6, 6.07) is 61.6. The molecule has 0 unspecified atom stereocenters. The van der Waals surface area contributed by atoms with E-state index in [9.17, 15) is 0 Å². The van der Waals surface area contributed by atoms with Gasteiger partial charge in [-0.1, -0.05) is 141 Å². The van der Waals surface area contributed by atoms with Gasteiger partial charge in [0.2, 0.25) is 5.95 Å². The van der Waals surface area contributed by atoms with Crippen LogP contribution in [0.4, 0.5) is 0 Å². The average molecular weight is 703 g/mol. The quantitative estimate of drug-likeness (QED) is 0.184. The summed E-state index contributed by atoms with van der Waals surface area (Å²) in [5, 5.41) is 8.33. The zero-order valence-electron chi connectivity index (χ0n) is 30.5. The van der Waals surface area contributed by atoms with Gasteiger partial charge in [-0.15, -0.1) is 0 Å². The van der Waals surface area contributed by atoms with Crippen molar-refractivity contribution in [2.24, 2.45) is 0 Å². The molecule has 0 saturated heterocycles. The minimum atomic E-state index is -0.120. The van der Waals surface area contributed by atoms with Crippen molar-refractivity contribution in [3.8, 4) is 34.0 Å². The summed E-state index contributed by atoms with van der Waals surface area (Å²) < 4.78 is 4.68. The van der Waals surface area contributed by atoms with Crippen LogP contribution < -0.4 is 0 Å². The number of nitrogens with zero attached hydrogens (tertiary/aromatic N) is 4. The summed E-state index contributed by atoms with van der Waals surface area (Å²) in [5.41, 5.74) is 13.8. The normalized spacial score (nSPS) is 13.4. The number of hydrogen-bond donors (Lipinski definition) is 0. The second-order valence-electron chi connectivity index (χ2n) is 15.4. The van der Waals surface area contributed by atoms with Crippen LogP contribution in [-0.4, -0.2) is 19.1 Å². The van der Waals surface area contributed by atoms with E-state index in [1.807, 2.05) is 0 Å². The molecule has 1 aliphatic carbocycles. The third-order valence-electron chi connectivity index (χ3n) is 12.1. The number of benzene rings is 8. The molecule has 258 valence electrons. The molecule has 55 heavy (non-hydrogen) atoms. The molecule has 0 radical (unpaired) electrons. The van der Waals surface area contributed by atoms with Gasteiger partial charge >= 0.3 is 0 Å². The van der Waals surface area contributed by atoms with E-state index >= 15 is 0 Å². The molecule has 1 aliphatic rings. The third-order valence-corrected chi connectivity index (χ3v) is 12.1. The molecule has 3 heterocycles. The van der Waals surface area contributed by atoms with E-state index in [4.69, 9.17) is 9.97 Å². The van der Waals surface area contributed by atoms with Crippen molar-refractivity contribution in [1.29, 1.82) is 0 Å². The molecule has 8 aromatic carbocycles. The Hall–Kier alpha value is -7.04. The summed E-state index contributed by atoms with van der Waals surface area (Å²) in [7, 11) is 0. The molecule has 0 N–H and O–H groups in total. The summed E-state index contributed by atoms with van der Waals surface area (Å²) in [5.74, 6) is 0.659. The molecule has 0 atom stereocenters. The smallest absolute Gasteiger partial charge is 0.235 e. The van der Waals surface area contributed by atoms with E-state index in [1.165, 1.54) is 65.6 Å². The first-order chi connectivity index (χ1) is 27.0. The van der Waals surface area contributed by atoms with Crippen molar-refractivity contribution in [3.63, 3.8) is 0 Å². The Morgan fingerprint density at radius 2 is 1.11 bits per heavy atom. The van der Waals surface area contributed by atoms with E-state index in [2.05, 4.69) is 193 Å². The van der Waals surface area contributed by atoms with Crippen LogP contribution in [0.3, 0.4) is 0 Å². The van der Waals surface area contributed by atoms with Gasteiger partial charge in [-0.05, 0) is 75.5 Å². The molecular formula is C51H34N4. The first-order valence-electron chi connectivity index (χ1n) is 19.0. The highest BCUT2D eigenvalue weighted by Gasteiger charge is 2.35. The van der Waals surface area contributed by atoms with Gasteiger partial charge in [0.25, 0.3) is 0 Å². The highest BCUT2D eigenvalue weighted by Crippen LogP contribution is 2.50. The molecule has 12 rings (SSSR count). The molecule has 0 aliphatic heterocycles. The van der Waals surface area contributed by atoms with Gasteiger partial charge in [-0.25, -0.2) is 9.97 Å². The third kappa shape index (κ3) is 4.17. The van der Waals surface area contributed by atoms with Crippen LogP contribution in [-0.2, 0) is 5.41 Å². The van der Waals surface area contributed by atoms with Crippen LogP contribution in [0, 0.1) is 0 Å². The van der Waals surface area contributed by atoms with Gasteiger partial charge in [0.05, 0.1) is 33.3 Å². The van der Waals surface area contributed by atoms with Crippen LogP contribution in [0.2, 0.25) is 0 Å².